The standard InChI is InChI=1S/C23H44O8/c1-3-5-12-26-14-16-28-18-20-30-22(24)10-8-7-9-11-23(25)31-21-19-29-17-15-27-13-6-4-2/h3-21H2,1-2H3. The lowest BCUT2D eigenvalue weighted by Gasteiger charge is -2.07. The van der Waals surface area contributed by atoms with E-state index < -0.39 is 0 Å². The van der Waals surface area contributed by atoms with Gasteiger partial charge in [-0.25, -0.2) is 0 Å². The van der Waals surface area contributed by atoms with E-state index in [1.807, 2.05) is 0 Å². The summed E-state index contributed by atoms with van der Waals surface area (Å²) >= 11 is 0. The van der Waals surface area contributed by atoms with E-state index in [-0.39, 0.29) is 25.2 Å². The number of carbonyl (C=O) groups is 2. The lowest BCUT2D eigenvalue weighted by molar-refractivity contribution is -0.145. The van der Waals surface area contributed by atoms with Gasteiger partial charge in [0, 0.05) is 26.1 Å². The molecule has 31 heavy (non-hydrogen) atoms. The smallest absolute Gasteiger partial charge is 0.305 e. The number of rotatable bonds is 24. The Morgan fingerprint density at radius 3 is 1.19 bits per heavy atom. The summed E-state index contributed by atoms with van der Waals surface area (Å²) in [6.45, 7) is 9.19. The van der Waals surface area contributed by atoms with E-state index in [1.54, 1.807) is 0 Å². The van der Waals surface area contributed by atoms with Crippen molar-refractivity contribution in [3.8, 4) is 0 Å². The van der Waals surface area contributed by atoms with Gasteiger partial charge in [0.15, 0.2) is 0 Å². The largest absolute Gasteiger partial charge is 0.463 e. The molecule has 0 saturated carbocycles. The van der Waals surface area contributed by atoms with Crippen molar-refractivity contribution < 1.29 is 38.0 Å². The van der Waals surface area contributed by atoms with E-state index in [2.05, 4.69) is 13.8 Å². The summed E-state index contributed by atoms with van der Waals surface area (Å²) in [6, 6.07) is 0. The predicted molar refractivity (Wildman–Crippen MR) is 118 cm³/mol. The first-order valence-electron chi connectivity index (χ1n) is 11.8. The van der Waals surface area contributed by atoms with Crippen molar-refractivity contribution in [2.24, 2.45) is 0 Å². The predicted octanol–water partition coefficient (Wildman–Crippen LogP) is 3.69. The fourth-order valence-electron chi connectivity index (χ4n) is 2.43. The molecule has 0 amide bonds. The monoisotopic (exact) mass is 448 g/mol. The van der Waals surface area contributed by atoms with E-state index in [9.17, 15) is 9.59 Å². The summed E-state index contributed by atoms with van der Waals surface area (Å²) in [5.74, 6) is -0.470. The average Bonchev–Trinajstić information content (AvgIpc) is 2.76. The normalized spacial score (nSPS) is 10.9. The molecular formula is C23H44O8. The molecule has 0 aliphatic heterocycles. The van der Waals surface area contributed by atoms with Crippen molar-refractivity contribution >= 4 is 11.9 Å². The van der Waals surface area contributed by atoms with Gasteiger partial charge in [0.05, 0.1) is 39.6 Å². The Labute approximate surface area is 188 Å². The fraction of sp³-hybridized carbons (Fsp3) is 0.913. The van der Waals surface area contributed by atoms with E-state index in [0.29, 0.717) is 65.3 Å². The Bertz CT molecular complexity index is 367. The lowest BCUT2D eigenvalue weighted by Crippen LogP contribution is -2.13. The van der Waals surface area contributed by atoms with E-state index >= 15 is 0 Å². The van der Waals surface area contributed by atoms with Crippen LogP contribution in [0.3, 0.4) is 0 Å². The van der Waals surface area contributed by atoms with Gasteiger partial charge in [0.1, 0.15) is 13.2 Å². The van der Waals surface area contributed by atoms with Crippen LogP contribution in [0.4, 0.5) is 0 Å². The highest BCUT2D eigenvalue weighted by Gasteiger charge is 2.05. The lowest BCUT2D eigenvalue weighted by atomic mass is 10.1. The molecule has 0 radical (unpaired) electrons. The van der Waals surface area contributed by atoms with Crippen LogP contribution in [0.5, 0.6) is 0 Å². The van der Waals surface area contributed by atoms with Crippen molar-refractivity contribution in [2.75, 3.05) is 66.1 Å². The van der Waals surface area contributed by atoms with Gasteiger partial charge in [0.25, 0.3) is 0 Å². The van der Waals surface area contributed by atoms with Crippen LogP contribution in [0.1, 0.15) is 71.6 Å². The van der Waals surface area contributed by atoms with Crippen LogP contribution in [0.25, 0.3) is 0 Å². The molecule has 0 rings (SSSR count). The third-order valence-corrected chi connectivity index (χ3v) is 4.27. The molecule has 0 aromatic rings. The van der Waals surface area contributed by atoms with Gasteiger partial charge < -0.3 is 28.4 Å². The maximum absolute atomic E-state index is 11.6. The molecule has 8 nitrogen and oxygen atoms in total. The molecule has 0 atom stereocenters. The minimum atomic E-state index is -0.235. The zero-order valence-corrected chi connectivity index (χ0v) is 19.7. The van der Waals surface area contributed by atoms with Gasteiger partial charge in [-0.3, -0.25) is 9.59 Å². The Balaban J connectivity index is 3.28. The molecule has 0 aromatic carbocycles. The van der Waals surface area contributed by atoms with Crippen LogP contribution in [0.15, 0.2) is 0 Å². The summed E-state index contributed by atoms with van der Waals surface area (Å²) in [5, 5.41) is 0. The molecule has 0 spiro atoms. The first kappa shape index (κ1) is 29.8. The SMILES string of the molecule is CCCCOCCOCCOC(=O)CCCCCC(=O)OCCOCCOCCCC. The van der Waals surface area contributed by atoms with Crippen LogP contribution >= 0.6 is 0 Å². The number of hydrogen-bond donors (Lipinski definition) is 0. The van der Waals surface area contributed by atoms with Crippen LogP contribution in [-0.2, 0) is 38.0 Å². The minimum Gasteiger partial charge on any atom is -0.463 e. The molecular weight excluding hydrogens is 404 g/mol. The Hall–Kier alpha value is -1.22. The van der Waals surface area contributed by atoms with Gasteiger partial charge in [-0.1, -0.05) is 33.1 Å². The summed E-state index contributed by atoms with van der Waals surface area (Å²) < 4.78 is 31.6. The van der Waals surface area contributed by atoms with Gasteiger partial charge in [-0.05, 0) is 25.7 Å². The van der Waals surface area contributed by atoms with Crippen molar-refractivity contribution in [1.29, 1.82) is 0 Å². The summed E-state index contributed by atoms with van der Waals surface area (Å²) in [4.78, 5) is 23.3. The van der Waals surface area contributed by atoms with Crippen molar-refractivity contribution in [1.82, 2.24) is 0 Å². The second-order valence-electron chi connectivity index (χ2n) is 7.16. The first-order valence-corrected chi connectivity index (χ1v) is 11.8. The third kappa shape index (κ3) is 24.9. The highest BCUT2D eigenvalue weighted by molar-refractivity contribution is 5.69. The van der Waals surface area contributed by atoms with E-state index in [0.717, 1.165) is 45.3 Å². The summed E-state index contributed by atoms with van der Waals surface area (Å²) in [5.41, 5.74) is 0. The number of ether oxygens (including phenoxy) is 6. The number of carbonyl (C=O) groups excluding carboxylic acids is 2. The van der Waals surface area contributed by atoms with Crippen molar-refractivity contribution in [3.05, 3.63) is 0 Å². The van der Waals surface area contributed by atoms with Gasteiger partial charge >= 0.3 is 11.9 Å². The zero-order chi connectivity index (χ0) is 22.8. The van der Waals surface area contributed by atoms with Crippen molar-refractivity contribution in [3.63, 3.8) is 0 Å². The van der Waals surface area contributed by atoms with Crippen LogP contribution < -0.4 is 0 Å². The number of esters is 2. The highest BCUT2D eigenvalue weighted by atomic mass is 16.6. The van der Waals surface area contributed by atoms with Crippen molar-refractivity contribution in [2.45, 2.75) is 71.6 Å². The first-order chi connectivity index (χ1) is 15.2. The molecule has 0 N–H and O–H groups in total. The molecule has 0 aliphatic carbocycles. The van der Waals surface area contributed by atoms with Gasteiger partial charge in [-0.2, -0.15) is 0 Å². The molecule has 0 aliphatic rings. The Morgan fingerprint density at radius 2 is 0.806 bits per heavy atom. The van der Waals surface area contributed by atoms with E-state index in [4.69, 9.17) is 28.4 Å². The molecule has 0 unspecified atom stereocenters. The molecule has 0 aromatic heterocycles. The Kier molecular flexibility index (Phi) is 24.1. The summed E-state index contributed by atoms with van der Waals surface area (Å²) in [7, 11) is 0. The van der Waals surface area contributed by atoms with Crippen LogP contribution in [-0.4, -0.2) is 78.0 Å². The molecule has 0 saturated heterocycles. The van der Waals surface area contributed by atoms with Gasteiger partial charge in [-0.15, -0.1) is 0 Å². The molecule has 0 bridgehead atoms. The summed E-state index contributed by atoms with van der Waals surface area (Å²) in [6.07, 6.45) is 7.22. The second kappa shape index (κ2) is 25.0. The fourth-order valence-corrected chi connectivity index (χ4v) is 2.43. The zero-order valence-electron chi connectivity index (χ0n) is 19.7. The second-order valence-corrected chi connectivity index (χ2v) is 7.16. The van der Waals surface area contributed by atoms with Crippen LogP contribution in [0.2, 0.25) is 0 Å². The number of hydrogen-bond acceptors (Lipinski definition) is 8. The molecule has 0 heterocycles. The maximum Gasteiger partial charge on any atom is 0.305 e. The van der Waals surface area contributed by atoms with Crippen LogP contribution in [0, 0.1) is 0 Å². The maximum atomic E-state index is 11.6. The minimum absolute atomic E-state index is 0.235. The molecule has 184 valence electrons. The quantitative estimate of drug-likeness (QED) is 0.163. The molecule has 8 heteroatoms. The average molecular weight is 449 g/mol. The topological polar surface area (TPSA) is 89.5 Å². The number of unbranched alkanes of at least 4 members (excludes halogenated alkanes) is 4. The van der Waals surface area contributed by atoms with Gasteiger partial charge in [0.2, 0.25) is 0 Å². The highest BCUT2D eigenvalue weighted by Crippen LogP contribution is 2.05. The third-order valence-electron chi connectivity index (χ3n) is 4.27. The molecule has 0 fully saturated rings. The van der Waals surface area contributed by atoms with E-state index in [1.165, 1.54) is 0 Å². The Morgan fingerprint density at radius 1 is 0.452 bits per heavy atom.